The molecule has 0 aliphatic heterocycles. The van der Waals surface area contributed by atoms with Crippen molar-refractivity contribution >= 4 is 11.6 Å². The van der Waals surface area contributed by atoms with E-state index in [0.29, 0.717) is 5.15 Å². The largest absolute Gasteiger partial charge is 0.253 e. The summed E-state index contributed by atoms with van der Waals surface area (Å²) in [7, 11) is 0. The highest BCUT2D eigenvalue weighted by molar-refractivity contribution is 6.29. The van der Waals surface area contributed by atoms with Crippen LogP contribution < -0.4 is 0 Å². The Balaban J connectivity index is 3.19. The lowest BCUT2D eigenvalue weighted by molar-refractivity contribution is 0.885. The predicted octanol–water partition coefficient (Wildman–Crippen LogP) is 2.56. The standard InChI is InChI=1S/C9H13ClN2/c1-4-7-8(5-2)12-9(10)6(3)11-7/h4-5H2,1-3H3. The van der Waals surface area contributed by atoms with E-state index >= 15 is 0 Å². The van der Waals surface area contributed by atoms with Crippen molar-refractivity contribution in [3.63, 3.8) is 0 Å². The molecule has 0 unspecified atom stereocenters. The molecule has 0 saturated heterocycles. The van der Waals surface area contributed by atoms with E-state index in [9.17, 15) is 0 Å². The van der Waals surface area contributed by atoms with Crippen LogP contribution in [0, 0.1) is 6.92 Å². The van der Waals surface area contributed by atoms with E-state index in [1.54, 1.807) is 0 Å². The Labute approximate surface area is 78.0 Å². The monoisotopic (exact) mass is 184 g/mol. The van der Waals surface area contributed by atoms with Crippen LogP contribution in [0.2, 0.25) is 5.15 Å². The van der Waals surface area contributed by atoms with E-state index in [0.717, 1.165) is 29.9 Å². The Morgan fingerprint density at radius 2 is 1.58 bits per heavy atom. The second kappa shape index (κ2) is 3.85. The zero-order valence-corrected chi connectivity index (χ0v) is 8.44. The molecule has 0 aromatic carbocycles. The molecule has 3 heteroatoms. The number of aromatic nitrogens is 2. The Morgan fingerprint density at radius 1 is 1.08 bits per heavy atom. The van der Waals surface area contributed by atoms with Crippen molar-refractivity contribution in [2.75, 3.05) is 0 Å². The molecule has 1 rings (SSSR count). The van der Waals surface area contributed by atoms with Gasteiger partial charge in [0, 0.05) is 0 Å². The van der Waals surface area contributed by atoms with Crippen LogP contribution in [0.25, 0.3) is 0 Å². The first kappa shape index (κ1) is 9.46. The third-order valence-corrected chi connectivity index (χ3v) is 2.20. The molecule has 0 amide bonds. The molecule has 0 aliphatic carbocycles. The maximum absolute atomic E-state index is 5.85. The van der Waals surface area contributed by atoms with Gasteiger partial charge in [-0.05, 0) is 19.8 Å². The van der Waals surface area contributed by atoms with Crippen LogP contribution in [0.15, 0.2) is 0 Å². The maximum Gasteiger partial charge on any atom is 0.150 e. The van der Waals surface area contributed by atoms with Crippen LogP contribution in [0.3, 0.4) is 0 Å². The minimum Gasteiger partial charge on any atom is -0.253 e. The lowest BCUT2D eigenvalue weighted by Gasteiger charge is -2.05. The number of hydrogen-bond donors (Lipinski definition) is 0. The summed E-state index contributed by atoms with van der Waals surface area (Å²) < 4.78 is 0. The molecule has 1 aromatic rings. The molecule has 66 valence electrons. The molecular weight excluding hydrogens is 172 g/mol. The number of nitrogens with zero attached hydrogens (tertiary/aromatic N) is 2. The molecule has 1 heterocycles. The molecule has 0 N–H and O–H groups in total. The van der Waals surface area contributed by atoms with Gasteiger partial charge in [-0.1, -0.05) is 25.4 Å². The number of halogens is 1. The molecule has 0 atom stereocenters. The first-order valence-electron chi connectivity index (χ1n) is 4.20. The summed E-state index contributed by atoms with van der Waals surface area (Å²) in [5.74, 6) is 0. The maximum atomic E-state index is 5.85. The molecule has 0 bridgehead atoms. The molecule has 0 aliphatic rings. The van der Waals surface area contributed by atoms with Gasteiger partial charge in [0.25, 0.3) is 0 Å². The van der Waals surface area contributed by atoms with Gasteiger partial charge < -0.3 is 0 Å². The average Bonchev–Trinajstić information content (AvgIpc) is 2.09. The Bertz CT molecular complexity index is 255. The summed E-state index contributed by atoms with van der Waals surface area (Å²) >= 11 is 5.85. The van der Waals surface area contributed by atoms with E-state index in [1.165, 1.54) is 0 Å². The molecule has 0 radical (unpaired) electrons. The lowest BCUT2D eigenvalue weighted by Crippen LogP contribution is -2.01. The van der Waals surface area contributed by atoms with E-state index in [2.05, 4.69) is 23.8 Å². The van der Waals surface area contributed by atoms with Gasteiger partial charge in [0.2, 0.25) is 0 Å². The second-order valence-electron chi connectivity index (χ2n) is 2.70. The van der Waals surface area contributed by atoms with Crippen molar-refractivity contribution in [1.82, 2.24) is 9.97 Å². The molecule has 2 nitrogen and oxygen atoms in total. The fourth-order valence-electron chi connectivity index (χ4n) is 1.14. The minimum absolute atomic E-state index is 0.532. The zero-order valence-electron chi connectivity index (χ0n) is 7.69. The van der Waals surface area contributed by atoms with E-state index in [1.807, 2.05) is 6.92 Å². The van der Waals surface area contributed by atoms with Crippen molar-refractivity contribution in [3.05, 3.63) is 22.2 Å². The third kappa shape index (κ3) is 1.75. The third-order valence-electron chi connectivity index (χ3n) is 1.84. The van der Waals surface area contributed by atoms with Crippen molar-refractivity contribution in [1.29, 1.82) is 0 Å². The minimum atomic E-state index is 0.532. The first-order chi connectivity index (χ1) is 5.69. The molecular formula is C9H13ClN2. The molecule has 0 spiro atoms. The zero-order chi connectivity index (χ0) is 9.14. The molecule has 0 saturated carbocycles. The molecule has 12 heavy (non-hydrogen) atoms. The van der Waals surface area contributed by atoms with Crippen LogP contribution in [-0.2, 0) is 12.8 Å². The summed E-state index contributed by atoms with van der Waals surface area (Å²) in [6, 6.07) is 0. The Kier molecular flexibility index (Phi) is 3.04. The van der Waals surface area contributed by atoms with Gasteiger partial charge in [-0.25, -0.2) is 4.98 Å². The van der Waals surface area contributed by atoms with Gasteiger partial charge in [-0.3, -0.25) is 4.98 Å². The predicted molar refractivity (Wildman–Crippen MR) is 50.5 cm³/mol. The second-order valence-corrected chi connectivity index (χ2v) is 3.06. The normalized spacial score (nSPS) is 10.3. The summed E-state index contributed by atoms with van der Waals surface area (Å²) in [6.45, 7) is 6.03. The lowest BCUT2D eigenvalue weighted by atomic mass is 10.2. The highest BCUT2D eigenvalue weighted by Gasteiger charge is 2.05. The molecule has 0 fully saturated rings. The van der Waals surface area contributed by atoms with Crippen molar-refractivity contribution in [3.8, 4) is 0 Å². The van der Waals surface area contributed by atoms with Gasteiger partial charge in [0.15, 0.2) is 5.15 Å². The van der Waals surface area contributed by atoms with Crippen molar-refractivity contribution < 1.29 is 0 Å². The fraction of sp³-hybridized carbons (Fsp3) is 0.556. The van der Waals surface area contributed by atoms with Crippen LogP contribution in [0.1, 0.15) is 30.9 Å². The number of hydrogen-bond acceptors (Lipinski definition) is 2. The summed E-state index contributed by atoms with van der Waals surface area (Å²) in [5, 5.41) is 0.532. The van der Waals surface area contributed by atoms with Gasteiger partial charge in [-0.2, -0.15) is 0 Å². The van der Waals surface area contributed by atoms with Crippen LogP contribution in [0.4, 0.5) is 0 Å². The van der Waals surface area contributed by atoms with Crippen molar-refractivity contribution in [2.45, 2.75) is 33.6 Å². The van der Waals surface area contributed by atoms with Crippen molar-refractivity contribution in [2.24, 2.45) is 0 Å². The quantitative estimate of drug-likeness (QED) is 0.706. The number of rotatable bonds is 2. The average molecular weight is 185 g/mol. The Morgan fingerprint density at radius 3 is 2.08 bits per heavy atom. The fourth-order valence-corrected chi connectivity index (χ4v) is 1.29. The highest BCUT2D eigenvalue weighted by Crippen LogP contribution is 2.13. The van der Waals surface area contributed by atoms with E-state index < -0.39 is 0 Å². The number of aryl methyl sites for hydroxylation is 3. The first-order valence-corrected chi connectivity index (χ1v) is 4.58. The summed E-state index contributed by atoms with van der Waals surface area (Å²) in [4.78, 5) is 8.63. The van der Waals surface area contributed by atoms with Gasteiger partial charge in [0.1, 0.15) is 0 Å². The van der Waals surface area contributed by atoms with Gasteiger partial charge in [0.05, 0.1) is 17.1 Å². The van der Waals surface area contributed by atoms with Crippen LogP contribution in [-0.4, -0.2) is 9.97 Å². The van der Waals surface area contributed by atoms with Crippen LogP contribution in [0.5, 0.6) is 0 Å². The molecule has 1 aromatic heterocycles. The van der Waals surface area contributed by atoms with Crippen LogP contribution >= 0.6 is 11.6 Å². The smallest absolute Gasteiger partial charge is 0.150 e. The topological polar surface area (TPSA) is 25.8 Å². The Hall–Kier alpha value is -0.630. The van der Waals surface area contributed by atoms with E-state index in [4.69, 9.17) is 11.6 Å². The SMILES string of the molecule is CCc1nc(C)c(Cl)nc1CC. The van der Waals surface area contributed by atoms with E-state index in [-0.39, 0.29) is 0 Å². The highest BCUT2D eigenvalue weighted by atomic mass is 35.5. The summed E-state index contributed by atoms with van der Waals surface area (Å²) in [5.41, 5.74) is 2.92. The van der Waals surface area contributed by atoms with Gasteiger partial charge >= 0.3 is 0 Å². The van der Waals surface area contributed by atoms with Gasteiger partial charge in [-0.15, -0.1) is 0 Å². The summed E-state index contributed by atoms with van der Waals surface area (Å²) in [6.07, 6.45) is 1.82.